The summed E-state index contributed by atoms with van der Waals surface area (Å²) in [6, 6.07) is 7.38. The minimum absolute atomic E-state index is 0.666. The molecule has 1 N–H and O–H groups in total. The summed E-state index contributed by atoms with van der Waals surface area (Å²) in [5, 5.41) is 3.77. The molecule has 1 atom stereocenters. The second-order valence-corrected chi connectivity index (χ2v) is 5.71. The van der Waals surface area contributed by atoms with E-state index in [0.717, 1.165) is 5.92 Å². The van der Waals surface area contributed by atoms with Gasteiger partial charge in [-0.05, 0) is 57.3 Å². The van der Waals surface area contributed by atoms with E-state index in [2.05, 4.69) is 42.3 Å². The van der Waals surface area contributed by atoms with Gasteiger partial charge in [0.2, 0.25) is 0 Å². The van der Waals surface area contributed by atoms with Gasteiger partial charge in [-0.1, -0.05) is 17.7 Å². The quantitative estimate of drug-likeness (QED) is 0.840. The predicted octanol–water partition coefficient (Wildman–Crippen LogP) is 2.81. The first kappa shape index (κ1) is 11.1. The molecular formula is C15H22N2. The zero-order valence-corrected chi connectivity index (χ0v) is 10.9. The molecule has 1 unspecified atom stereocenters. The van der Waals surface area contributed by atoms with Crippen LogP contribution in [-0.4, -0.2) is 30.6 Å². The number of hydrogen-bond acceptors (Lipinski definition) is 2. The van der Waals surface area contributed by atoms with Gasteiger partial charge in [-0.2, -0.15) is 0 Å². The van der Waals surface area contributed by atoms with Crippen LogP contribution in [0.1, 0.15) is 24.0 Å². The van der Waals surface area contributed by atoms with Gasteiger partial charge >= 0.3 is 0 Å². The highest BCUT2D eigenvalue weighted by Crippen LogP contribution is 2.30. The zero-order valence-electron chi connectivity index (χ0n) is 10.9. The van der Waals surface area contributed by atoms with Gasteiger partial charge in [-0.25, -0.2) is 0 Å². The Balaban J connectivity index is 1.74. The van der Waals surface area contributed by atoms with E-state index in [1.54, 1.807) is 0 Å². The molecule has 1 aromatic carbocycles. The first-order valence-electron chi connectivity index (χ1n) is 6.78. The Hall–Kier alpha value is -1.02. The first-order chi connectivity index (χ1) is 8.22. The molecule has 92 valence electrons. The largest absolute Gasteiger partial charge is 0.381 e. The Morgan fingerprint density at radius 3 is 2.53 bits per heavy atom. The van der Waals surface area contributed by atoms with Crippen LogP contribution >= 0.6 is 0 Å². The summed E-state index contributed by atoms with van der Waals surface area (Å²) in [5.41, 5.74) is 4.05. The number of hydrogen-bond donors (Lipinski definition) is 1. The molecule has 2 bridgehead atoms. The molecule has 0 radical (unpaired) electrons. The molecule has 3 aliphatic heterocycles. The van der Waals surface area contributed by atoms with Crippen molar-refractivity contribution in [3.63, 3.8) is 0 Å². The van der Waals surface area contributed by atoms with Crippen LogP contribution in [0.15, 0.2) is 18.2 Å². The van der Waals surface area contributed by atoms with Crippen molar-refractivity contribution in [2.45, 2.75) is 32.7 Å². The van der Waals surface area contributed by atoms with Crippen molar-refractivity contribution in [2.75, 3.05) is 25.0 Å². The molecule has 0 saturated carbocycles. The summed E-state index contributed by atoms with van der Waals surface area (Å²) in [6.07, 6.45) is 2.76. The number of rotatable bonds is 2. The molecule has 17 heavy (non-hydrogen) atoms. The fraction of sp³-hybridized carbons (Fsp3) is 0.600. The molecule has 0 aliphatic carbocycles. The standard InChI is InChI=1S/C15H22N2/c1-11-3-4-14(12(2)9-11)16-15-10-17-7-5-13(15)6-8-17/h3-4,9,13,15-16H,5-8,10H2,1-2H3. The molecule has 4 rings (SSSR count). The lowest BCUT2D eigenvalue weighted by atomic mass is 9.84. The maximum Gasteiger partial charge on any atom is 0.0417 e. The van der Waals surface area contributed by atoms with Crippen LogP contribution in [0.4, 0.5) is 5.69 Å². The summed E-state index contributed by atoms with van der Waals surface area (Å²) < 4.78 is 0. The molecule has 0 spiro atoms. The van der Waals surface area contributed by atoms with E-state index in [1.165, 1.54) is 49.3 Å². The zero-order chi connectivity index (χ0) is 11.8. The molecule has 3 fully saturated rings. The lowest BCUT2D eigenvalue weighted by Gasteiger charge is -2.45. The second-order valence-electron chi connectivity index (χ2n) is 5.71. The monoisotopic (exact) mass is 230 g/mol. The van der Waals surface area contributed by atoms with E-state index >= 15 is 0 Å². The van der Waals surface area contributed by atoms with Crippen molar-refractivity contribution in [1.82, 2.24) is 4.90 Å². The van der Waals surface area contributed by atoms with Gasteiger partial charge in [0.1, 0.15) is 0 Å². The van der Waals surface area contributed by atoms with Crippen molar-refractivity contribution in [2.24, 2.45) is 5.92 Å². The molecule has 1 aromatic rings. The fourth-order valence-corrected chi connectivity index (χ4v) is 3.30. The van der Waals surface area contributed by atoms with Crippen LogP contribution in [0, 0.1) is 19.8 Å². The highest BCUT2D eigenvalue weighted by molar-refractivity contribution is 5.52. The van der Waals surface area contributed by atoms with Crippen molar-refractivity contribution < 1.29 is 0 Å². The Kier molecular flexibility index (Phi) is 2.83. The summed E-state index contributed by atoms with van der Waals surface area (Å²) in [7, 11) is 0. The van der Waals surface area contributed by atoms with E-state index < -0.39 is 0 Å². The average Bonchev–Trinajstić information content (AvgIpc) is 2.34. The van der Waals surface area contributed by atoms with Crippen molar-refractivity contribution in [3.8, 4) is 0 Å². The van der Waals surface area contributed by atoms with E-state index in [-0.39, 0.29) is 0 Å². The minimum atomic E-state index is 0.666. The SMILES string of the molecule is Cc1ccc(NC2CN3CCC2CC3)c(C)c1. The van der Waals surface area contributed by atoms with Gasteiger partial charge in [-0.15, -0.1) is 0 Å². The first-order valence-corrected chi connectivity index (χ1v) is 6.78. The maximum atomic E-state index is 3.77. The number of aryl methyl sites for hydroxylation is 2. The predicted molar refractivity (Wildman–Crippen MR) is 72.5 cm³/mol. The number of nitrogens with one attached hydrogen (secondary N) is 1. The molecule has 3 saturated heterocycles. The van der Waals surface area contributed by atoms with Crippen molar-refractivity contribution >= 4 is 5.69 Å². The molecule has 0 aromatic heterocycles. The number of anilines is 1. The number of benzene rings is 1. The Morgan fingerprint density at radius 2 is 1.94 bits per heavy atom. The highest BCUT2D eigenvalue weighted by Gasteiger charge is 2.33. The molecular weight excluding hydrogens is 208 g/mol. The smallest absolute Gasteiger partial charge is 0.0417 e. The van der Waals surface area contributed by atoms with Crippen LogP contribution < -0.4 is 5.32 Å². The summed E-state index contributed by atoms with van der Waals surface area (Å²) >= 11 is 0. The Bertz CT molecular complexity index is 405. The molecule has 3 heterocycles. The van der Waals surface area contributed by atoms with Gasteiger partial charge < -0.3 is 10.2 Å². The topological polar surface area (TPSA) is 15.3 Å². The van der Waals surface area contributed by atoms with Crippen LogP contribution in [0.5, 0.6) is 0 Å². The number of fused-ring (bicyclic) bond motifs is 3. The summed E-state index contributed by atoms with van der Waals surface area (Å²) in [5.74, 6) is 0.890. The van der Waals surface area contributed by atoms with E-state index in [0.29, 0.717) is 6.04 Å². The van der Waals surface area contributed by atoms with Gasteiger partial charge in [0, 0.05) is 18.3 Å². The Labute approximate surface area is 104 Å². The highest BCUT2D eigenvalue weighted by atomic mass is 15.2. The van der Waals surface area contributed by atoms with Gasteiger partial charge in [0.15, 0.2) is 0 Å². The molecule has 3 aliphatic rings. The minimum Gasteiger partial charge on any atom is -0.381 e. The van der Waals surface area contributed by atoms with Crippen molar-refractivity contribution in [1.29, 1.82) is 0 Å². The van der Waals surface area contributed by atoms with Gasteiger partial charge in [0.25, 0.3) is 0 Å². The fourth-order valence-electron chi connectivity index (χ4n) is 3.30. The average molecular weight is 230 g/mol. The second kappa shape index (κ2) is 4.34. The lowest BCUT2D eigenvalue weighted by Crippen LogP contribution is -2.53. The normalized spacial score (nSPS) is 31.5. The van der Waals surface area contributed by atoms with Crippen molar-refractivity contribution in [3.05, 3.63) is 29.3 Å². The van der Waals surface area contributed by atoms with Gasteiger partial charge in [-0.3, -0.25) is 0 Å². The van der Waals surface area contributed by atoms with Crippen LogP contribution in [-0.2, 0) is 0 Å². The number of piperidine rings is 3. The number of nitrogens with zero attached hydrogens (tertiary/aromatic N) is 1. The lowest BCUT2D eigenvalue weighted by molar-refractivity contribution is 0.0975. The Morgan fingerprint density at radius 1 is 1.18 bits per heavy atom. The third-order valence-electron chi connectivity index (χ3n) is 4.38. The van der Waals surface area contributed by atoms with Crippen LogP contribution in [0.3, 0.4) is 0 Å². The maximum absolute atomic E-state index is 3.77. The van der Waals surface area contributed by atoms with E-state index in [1.807, 2.05) is 0 Å². The molecule has 0 amide bonds. The third kappa shape index (κ3) is 2.19. The summed E-state index contributed by atoms with van der Waals surface area (Å²) in [4.78, 5) is 2.60. The van der Waals surface area contributed by atoms with E-state index in [9.17, 15) is 0 Å². The molecule has 2 heteroatoms. The van der Waals surface area contributed by atoms with Crippen LogP contribution in [0.25, 0.3) is 0 Å². The molecule has 2 nitrogen and oxygen atoms in total. The third-order valence-corrected chi connectivity index (χ3v) is 4.38. The van der Waals surface area contributed by atoms with Crippen LogP contribution in [0.2, 0.25) is 0 Å². The van der Waals surface area contributed by atoms with Gasteiger partial charge in [0.05, 0.1) is 0 Å². The summed E-state index contributed by atoms with van der Waals surface area (Å²) in [6.45, 7) is 8.23. The van der Waals surface area contributed by atoms with E-state index in [4.69, 9.17) is 0 Å².